The summed E-state index contributed by atoms with van der Waals surface area (Å²) in [6.07, 6.45) is 0. The molecule has 0 spiro atoms. The molecule has 0 bridgehead atoms. The van der Waals surface area contributed by atoms with Crippen molar-refractivity contribution in [3.05, 3.63) is 64.5 Å². The summed E-state index contributed by atoms with van der Waals surface area (Å²) in [6, 6.07) is 11.5. The van der Waals surface area contributed by atoms with Gasteiger partial charge in [0.15, 0.2) is 6.61 Å². The van der Waals surface area contributed by atoms with E-state index < -0.39 is 0 Å². The summed E-state index contributed by atoms with van der Waals surface area (Å²) in [6.45, 7) is 26.4. The van der Waals surface area contributed by atoms with Crippen LogP contribution in [0.3, 0.4) is 0 Å². The third-order valence-corrected chi connectivity index (χ3v) is 7.65. The van der Waals surface area contributed by atoms with Crippen LogP contribution < -0.4 is 4.74 Å². The highest BCUT2D eigenvalue weighted by molar-refractivity contribution is 5.78. The molecular formula is C33H49FN2O2. The molecule has 4 nitrogen and oxygen atoms in total. The zero-order chi connectivity index (χ0) is 28.6. The first-order chi connectivity index (χ1) is 17.4. The molecule has 210 valence electrons. The second kappa shape index (κ2) is 11.0. The van der Waals surface area contributed by atoms with E-state index in [1.54, 1.807) is 0 Å². The molecule has 3 rings (SSSR count). The third kappa shape index (κ3) is 7.16. The van der Waals surface area contributed by atoms with Crippen LogP contribution in [0, 0.1) is 5.82 Å². The van der Waals surface area contributed by atoms with Crippen molar-refractivity contribution in [2.24, 2.45) is 0 Å². The van der Waals surface area contributed by atoms with Gasteiger partial charge in [0.1, 0.15) is 11.6 Å². The van der Waals surface area contributed by atoms with Gasteiger partial charge in [0.05, 0.1) is 0 Å². The zero-order valence-corrected chi connectivity index (χ0v) is 25.5. The average molecular weight is 525 g/mol. The van der Waals surface area contributed by atoms with E-state index in [9.17, 15) is 9.18 Å². The number of piperazine rings is 1. The van der Waals surface area contributed by atoms with Gasteiger partial charge in [-0.15, -0.1) is 0 Å². The smallest absolute Gasteiger partial charge is 0.260 e. The average Bonchev–Trinajstić information content (AvgIpc) is 2.78. The number of hydrogen-bond acceptors (Lipinski definition) is 3. The Morgan fingerprint density at radius 1 is 0.842 bits per heavy atom. The second-order valence-electron chi connectivity index (χ2n) is 14.2. The van der Waals surface area contributed by atoms with Crippen LogP contribution in [0.15, 0.2) is 36.4 Å². The normalized spacial score (nSPS) is 19.5. The van der Waals surface area contributed by atoms with Crippen molar-refractivity contribution >= 4 is 5.91 Å². The van der Waals surface area contributed by atoms with E-state index in [0.29, 0.717) is 6.54 Å². The molecule has 1 aliphatic heterocycles. The summed E-state index contributed by atoms with van der Waals surface area (Å²) in [7, 11) is 0. The lowest BCUT2D eigenvalue weighted by Crippen LogP contribution is -2.58. The Kier molecular flexibility index (Phi) is 8.72. The van der Waals surface area contributed by atoms with Gasteiger partial charge in [-0.05, 0) is 53.4 Å². The molecule has 38 heavy (non-hydrogen) atoms. The van der Waals surface area contributed by atoms with E-state index in [-0.39, 0.29) is 46.7 Å². The Balaban J connectivity index is 1.81. The molecule has 1 aliphatic rings. The molecule has 0 aromatic heterocycles. The molecule has 5 heteroatoms. The largest absolute Gasteiger partial charge is 0.483 e. The van der Waals surface area contributed by atoms with E-state index >= 15 is 0 Å². The van der Waals surface area contributed by atoms with Crippen molar-refractivity contribution in [2.75, 3.05) is 19.7 Å². The summed E-state index contributed by atoms with van der Waals surface area (Å²) in [4.78, 5) is 17.8. The van der Waals surface area contributed by atoms with Crippen LogP contribution in [0.4, 0.5) is 4.39 Å². The summed E-state index contributed by atoms with van der Waals surface area (Å²) < 4.78 is 19.8. The van der Waals surface area contributed by atoms with Gasteiger partial charge in [-0.3, -0.25) is 9.69 Å². The number of carbonyl (C=O) groups excluding carboxylic acids is 1. The van der Waals surface area contributed by atoms with E-state index in [4.69, 9.17) is 4.74 Å². The molecular weight excluding hydrogens is 475 g/mol. The Hall–Kier alpha value is -2.40. The minimum atomic E-state index is -0.220. The van der Waals surface area contributed by atoms with Crippen LogP contribution in [-0.2, 0) is 27.6 Å². The number of carbonyl (C=O) groups is 1. The Bertz CT molecular complexity index is 1080. The second-order valence-corrected chi connectivity index (χ2v) is 14.2. The maximum Gasteiger partial charge on any atom is 0.260 e. The molecule has 1 fully saturated rings. The van der Waals surface area contributed by atoms with E-state index in [1.807, 2.05) is 17.0 Å². The number of ether oxygens (including phenoxy) is 1. The molecule has 0 unspecified atom stereocenters. The standard InChI is InChI=1S/C33H49FN2O2/c1-22-19-36(23(2)18-35(22)20-24-12-14-26(34)15-13-24)29(37)21-38-30-27(32(6,7)8)16-25(31(3,4)5)17-28(30)33(9,10)11/h12-17,22-23H,18-21H2,1-11H3/t22-,23+/m0/s1. The summed E-state index contributed by atoms with van der Waals surface area (Å²) in [5.41, 5.74) is 4.40. The van der Waals surface area contributed by atoms with Crippen LogP contribution >= 0.6 is 0 Å². The molecule has 2 aromatic carbocycles. The number of benzene rings is 2. The fourth-order valence-corrected chi connectivity index (χ4v) is 5.14. The minimum absolute atomic E-state index is 0.00745. The molecule has 2 aromatic rings. The van der Waals surface area contributed by atoms with Crippen LogP contribution in [0.1, 0.15) is 98.4 Å². The quantitative estimate of drug-likeness (QED) is 0.414. The van der Waals surface area contributed by atoms with Crippen molar-refractivity contribution in [3.63, 3.8) is 0 Å². The van der Waals surface area contributed by atoms with Gasteiger partial charge in [0, 0.05) is 42.8 Å². The predicted molar refractivity (Wildman–Crippen MR) is 155 cm³/mol. The molecule has 0 radical (unpaired) electrons. The maximum atomic E-state index is 13.5. The highest BCUT2D eigenvalue weighted by Crippen LogP contribution is 2.43. The zero-order valence-electron chi connectivity index (χ0n) is 25.5. The molecule has 0 N–H and O–H groups in total. The monoisotopic (exact) mass is 524 g/mol. The van der Waals surface area contributed by atoms with Crippen molar-refractivity contribution < 1.29 is 13.9 Å². The molecule has 0 saturated carbocycles. The summed E-state index contributed by atoms with van der Waals surface area (Å²) in [5.74, 6) is 0.648. The van der Waals surface area contributed by atoms with Crippen molar-refractivity contribution in [1.29, 1.82) is 0 Å². The van der Waals surface area contributed by atoms with Gasteiger partial charge in [-0.25, -0.2) is 4.39 Å². The SMILES string of the molecule is C[C@@H]1CN(Cc2ccc(F)cc2)[C@@H](C)CN1C(=O)COc1c(C(C)(C)C)cc(C(C)(C)C)cc1C(C)(C)C. The van der Waals surface area contributed by atoms with Crippen LogP contribution in [-0.4, -0.2) is 47.5 Å². The van der Waals surface area contributed by atoms with Crippen LogP contribution in [0.25, 0.3) is 0 Å². The lowest BCUT2D eigenvalue weighted by Gasteiger charge is -2.44. The Labute approximate surface area is 230 Å². The van der Waals surface area contributed by atoms with E-state index in [0.717, 1.165) is 35.5 Å². The first kappa shape index (κ1) is 30.1. The minimum Gasteiger partial charge on any atom is -0.483 e. The van der Waals surface area contributed by atoms with Crippen LogP contribution in [0.2, 0.25) is 0 Å². The lowest BCUT2D eigenvalue weighted by atomic mass is 9.74. The van der Waals surface area contributed by atoms with Gasteiger partial charge >= 0.3 is 0 Å². The van der Waals surface area contributed by atoms with Gasteiger partial charge < -0.3 is 9.64 Å². The van der Waals surface area contributed by atoms with Crippen LogP contribution in [0.5, 0.6) is 5.75 Å². The van der Waals surface area contributed by atoms with Gasteiger partial charge in [0.2, 0.25) is 0 Å². The van der Waals surface area contributed by atoms with Crippen molar-refractivity contribution in [1.82, 2.24) is 9.80 Å². The molecule has 2 atom stereocenters. The van der Waals surface area contributed by atoms with Gasteiger partial charge in [-0.1, -0.05) is 86.6 Å². The first-order valence-electron chi connectivity index (χ1n) is 14.0. The number of halogens is 1. The Morgan fingerprint density at radius 2 is 1.37 bits per heavy atom. The van der Waals surface area contributed by atoms with Gasteiger partial charge in [-0.2, -0.15) is 0 Å². The molecule has 1 heterocycles. The fraction of sp³-hybridized carbons (Fsp3) is 0.606. The fourth-order valence-electron chi connectivity index (χ4n) is 5.14. The van der Waals surface area contributed by atoms with Gasteiger partial charge in [0.25, 0.3) is 5.91 Å². The van der Waals surface area contributed by atoms with Crippen molar-refractivity contribution in [2.45, 2.75) is 111 Å². The lowest BCUT2D eigenvalue weighted by molar-refractivity contribution is -0.139. The number of hydrogen-bond donors (Lipinski definition) is 0. The maximum absolute atomic E-state index is 13.5. The predicted octanol–water partition coefficient (Wildman–Crippen LogP) is 7.22. The summed E-state index contributed by atoms with van der Waals surface area (Å²) >= 11 is 0. The highest BCUT2D eigenvalue weighted by Gasteiger charge is 2.34. The number of rotatable bonds is 5. The summed E-state index contributed by atoms with van der Waals surface area (Å²) in [5, 5.41) is 0. The topological polar surface area (TPSA) is 32.8 Å². The Morgan fingerprint density at radius 3 is 1.84 bits per heavy atom. The van der Waals surface area contributed by atoms with Crippen molar-refractivity contribution in [3.8, 4) is 5.75 Å². The number of amides is 1. The van der Waals surface area contributed by atoms with E-state index in [1.165, 1.54) is 17.7 Å². The number of nitrogens with zero attached hydrogens (tertiary/aromatic N) is 2. The molecule has 1 saturated heterocycles. The highest BCUT2D eigenvalue weighted by atomic mass is 19.1. The molecule has 0 aliphatic carbocycles. The third-order valence-electron chi connectivity index (χ3n) is 7.65. The first-order valence-corrected chi connectivity index (χ1v) is 14.0. The molecule has 1 amide bonds. The van der Waals surface area contributed by atoms with E-state index in [2.05, 4.69) is 93.2 Å².